The van der Waals surface area contributed by atoms with Crippen molar-refractivity contribution in [2.24, 2.45) is 0 Å². The number of benzene rings is 1. The van der Waals surface area contributed by atoms with Gasteiger partial charge in [0.15, 0.2) is 0 Å². The fourth-order valence-electron chi connectivity index (χ4n) is 3.55. The van der Waals surface area contributed by atoms with Crippen molar-refractivity contribution < 1.29 is 14.6 Å². The first-order valence-corrected chi connectivity index (χ1v) is 10.3. The summed E-state index contributed by atoms with van der Waals surface area (Å²) in [6.45, 7) is 0.521. The van der Waals surface area contributed by atoms with Crippen molar-refractivity contribution in [3.8, 4) is 5.75 Å². The van der Waals surface area contributed by atoms with E-state index in [4.69, 9.17) is 21.4 Å². The van der Waals surface area contributed by atoms with Gasteiger partial charge in [-0.2, -0.15) is 0 Å². The normalized spacial score (nSPS) is 13.4. The lowest BCUT2D eigenvalue weighted by Gasteiger charge is -2.13. The van der Waals surface area contributed by atoms with Crippen LogP contribution in [0.4, 0.5) is 5.82 Å². The van der Waals surface area contributed by atoms with E-state index in [1.54, 1.807) is 18.4 Å². The van der Waals surface area contributed by atoms with Crippen LogP contribution in [0, 0.1) is 0 Å². The van der Waals surface area contributed by atoms with Gasteiger partial charge in [0.25, 0.3) is 0 Å². The minimum absolute atomic E-state index is 0.193. The van der Waals surface area contributed by atoms with Gasteiger partial charge in [-0.25, -0.2) is 9.97 Å². The Kier molecular flexibility index (Phi) is 5.37. The lowest BCUT2D eigenvalue weighted by atomic mass is 9.97. The van der Waals surface area contributed by atoms with E-state index in [0.717, 1.165) is 35.0 Å². The number of carboxylic acids is 1. The van der Waals surface area contributed by atoms with Crippen molar-refractivity contribution in [3.63, 3.8) is 0 Å². The molecular formula is C20H20ClN3O3S. The Balaban J connectivity index is 1.70. The molecule has 28 heavy (non-hydrogen) atoms. The van der Waals surface area contributed by atoms with Gasteiger partial charge in [0.1, 0.15) is 28.6 Å². The number of aliphatic carboxylic acids is 1. The standard InChI is InChI=1S/C20H20ClN3O3S/c1-27-14-7-6-11(8-13(14)21)10-22-19-18-12-4-2-3-5-15(12)28-20(18)24-16(23-19)9-17(25)26/h6-8H,2-5,9-10H2,1H3,(H,25,26)(H,22,23,24). The van der Waals surface area contributed by atoms with Gasteiger partial charge in [0, 0.05) is 11.4 Å². The highest BCUT2D eigenvalue weighted by atomic mass is 35.5. The molecule has 3 aromatic rings. The average Bonchev–Trinajstić information content (AvgIpc) is 3.04. The van der Waals surface area contributed by atoms with E-state index in [-0.39, 0.29) is 6.42 Å². The molecule has 0 saturated carbocycles. The molecule has 0 fully saturated rings. The van der Waals surface area contributed by atoms with Crippen molar-refractivity contribution in [1.29, 1.82) is 0 Å². The van der Waals surface area contributed by atoms with Gasteiger partial charge in [-0.1, -0.05) is 17.7 Å². The summed E-state index contributed by atoms with van der Waals surface area (Å²) in [6, 6.07) is 5.63. The Morgan fingerprint density at radius 3 is 2.89 bits per heavy atom. The molecule has 0 amide bonds. The van der Waals surface area contributed by atoms with Crippen LogP contribution in [0.15, 0.2) is 18.2 Å². The quantitative estimate of drug-likeness (QED) is 0.615. The summed E-state index contributed by atoms with van der Waals surface area (Å²) in [4.78, 5) is 22.4. The maximum Gasteiger partial charge on any atom is 0.311 e. The zero-order valence-corrected chi connectivity index (χ0v) is 17.0. The lowest BCUT2D eigenvalue weighted by molar-refractivity contribution is -0.136. The molecule has 0 aliphatic heterocycles. The predicted octanol–water partition coefficient (Wildman–Crippen LogP) is 4.47. The predicted molar refractivity (Wildman–Crippen MR) is 111 cm³/mol. The topological polar surface area (TPSA) is 84.3 Å². The fraction of sp³-hybridized carbons (Fsp3) is 0.350. The Labute approximate surface area is 171 Å². The SMILES string of the molecule is COc1ccc(CNc2nc(CC(=O)O)nc3sc4c(c23)CCCC4)cc1Cl. The van der Waals surface area contributed by atoms with Crippen LogP contribution < -0.4 is 10.1 Å². The Bertz CT molecular complexity index is 1050. The number of hydrogen-bond acceptors (Lipinski definition) is 6. The number of nitrogens with one attached hydrogen (secondary N) is 1. The molecule has 0 saturated heterocycles. The van der Waals surface area contributed by atoms with Gasteiger partial charge in [-0.15, -0.1) is 11.3 Å². The number of hydrogen-bond donors (Lipinski definition) is 2. The molecule has 1 aromatic carbocycles. The first-order chi connectivity index (χ1) is 13.5. The molecule has 0 bridgehead atoms. The Morgan fingerprint density at radius 1 is 1.32 bits per heavy atom. The van der Waals surface area contributed by atoms with Gasteiger partial charge in [-0.05, 0) is 48.9 Å². The maximum absolute atomic E-state index is 11.2. The number of thiophene rings is 1. The molecule has 0 atom stereocenters. The number of aromatic nitrogens is 2. The first-order valence-electron chi connectivity index (χ1n) is 9.14. The molecule has 2 N–H and O–H groups in total. The molecule has 146 valence electrons. The third-order valence-electron chi connectivity index (χ3n) is 4.85. The van der Waals surface area contributed by atoms with E-state index in [9.17, 15) is 4.79 Å². The van der Waals surface area contributed by atoms with Crippen LogP contribution in [0.25, 0.3) is 10.2 Å². The van der Waals surface area contributed by atoms with E-state index in [2.05, 4.69) is 15.3 Å². The zero-order valence-electron chi connectivity index (χ0n) is 15.4. The molecule has 2 heterocycles. The number of nitrogens with zero attached hydrogens (tertiary/aromatic N) is 2. The second kappa shape index (κ2) is 7.93. The van der Waals surface area contributed by atoms with Gasteiger partial charge in [-0.3, -0.25) is 4.79 Å². The summed E-state index contributed by atoms with van der Waals surface area (Å²) in [5.74, 6) is 0.723. The van der Waals surface area contributed by atoms with Crippen LogP contribution in [-0.2, 0) is 30.6 Å². The number of halogens is 1. The second-order valence-corrected chi connectivity index (χ2v) is 8.26. The summed E-state index contributed by atoms with van der Waals surface area (Å²) >= 11 is 7.89. The smallest absolute Gasteiger partial charge is 0.311 e. The van der Waals surface area contributed by atoms with Gasteiger partial charge in [0.2, 0.25) is 0 Å². The number of carbonyl (C=O) groups is 1. The van der Waals surface area contributed by atoms with E-state index >= 15 is 0 Å². The largest absolute Gasteiger partial charge is 0.495 e. The van der Waals surface area contributed by atoms with Gasteiger partial charge >= 0.3 is 5.97 Å². The average molecular weight is 418 g/mol. The molecule has 4 rings (SSSR count). The number of carboxylic acid groups (broad SMARTS) is 1. The van der Waals surface area contributed by atoms with Crippen molar-refractivity contribution in [3.05, 3.63) is 45.1 Å². The zero-order chi connectivity index (χ0) is 19.7. The van der Waals surface area contributed by atoms with Crippen LogP contribution in [0.3, 0.4) is 0 Å². The number of ether oxygens (including phenoxy) is 1. The summed E-state index contributed by atoms with van der Waals surface area (Å²) < 4.78 is 5.20. The molecule has 6 nitrogen and oxygen atoms in total. The number of aryl methyl sites for hydroxylation is 2. The number of anilines is 1. The molecule has 8 heteroatoms. The summed E-state index contributed by atoms with van der Waals surface area (Å²) in [5.41, 5.74) is 2.30. The van der Waals surface area contributed by atoms with Crippen molar-refractivity contribution in [2.75, 3.05) is 12.4 Å². The molecule has 2 aromatic heterocycles. The molecular weight excluding hydrogens is 398 g/mol. The summed E-state index contributed by atoms with van der Waals surface area (Å²) in [7, 11) is 1.58. The Hall–Kier alpha value is -2.38. The van der Waals surface area contributed by atoms with Crippen molar-refractivity contribution >= 4 is 44.9 Å². The van der Waals surface area contributed by atoms with Crippen LogP contribution in [0.5, 0.6) is 5.75 Å². The van der Waals surface area contributed by atoms with Crippen molar-refractivity contribution in [1.82, 2.24) is 9.97 Å². The van der Waals surface area contributed by atoms with E-state index in [1.807, 2.05) is 18.2 Å². The minimum Gasteiger partial charge on any atom is -0.495 e. The van der Waals surface area contributed by atoms with Crippen LogP contribution in [0.1, 0.15) is 34.7 Å². The molecule has 0 radical (unpaired) electrons. The highest BCUT2D eigenvalue weighted by Gasteiger charge is 2.21. The number of methoxy groups -OCH3 is 1. The maximum atomic E-state index is 11.2. The summed E-state index contributed by atoms with van der Waals surface area (Å²) in [5, 5.41) is 14.1. The van der Waals surface area contributed by atoms with Gasteiger partial charge in [0.05, 0.1) is 17.5 Å². The molecule has 1 aliphatic rings. The van der Waals surface area contributed by atoms with E-state index < -0.39 is 5.97 Å². The number of rotatable bonds is 6. The fourth-order valence-corrected chi connectivity index (χ4v) is 5.11. The molecule has 0 unspecified atom stereocenters. The molecule has 1 aliphatic carbocycles. The third kappa shape index (κ3) is 3.77. The minimum atomic E-state index is -0.937. The Morgan fingerprint density at radius 2 is 2.14 bits per heavy atom. The van der Waals surface area contributed by atoms with Crippen LogP contribution in [-0.4, -0.2) is 28.2 Å². The van der Waals surface area contributed by atoms with Gasteiger partial charge < -0.3 is 15.2 Å². The molecule has 0 spiro atoms. The highest BCUT2D eigenvalue weighted by molar-refractivity contribution is 7.19. The van der Waals surface area contributed by atoms with E-state index in [1.165, 1.54) is 16.9 Å². The van der Waals surface area contributed by atoms with Crippen molar-refractivity contribution in [2.45, 2.75) is 38.6 Å². The second-order valence-electron chi connectivity index (χ2n) is 6.77. The number of fused-ring (bicyclic) bond motifs is 3. The lowest BCUT2D eigenvalue weighted by Crippen LogP contribution is -2.09. The highest BCUT2D eigenvalue weighted by Crippen LogP contribution is 2.39. The van der Waals surface area contributed by atoms with Crippen LogP contribution >= 0.6 is 22.9 Å². The monoisotopic (exact) mass is 417 g/mol. The summed E-state index contributed by atoms with van der Waals surface area (Å²) in [6.07, 6.45) is 4.21. The first kappa shape index (κ1) is 19.0. The van der Waals surface area contributed by atoms with E-state index in [0.29, 0.717) is 29.0 Å². The van der Waals surface area contributed by atoms with Crippen LogP contribution in [0.2, 0.25) is 5.02 Å². The third-order valence-corrected chi connectivity index (χ3v) is 6.33.